The molecule has 2 rings (SSSR count). The Morgan fingerprint density at radius 2 is 1.96 bits per heavy atom. The zero-order valence-corrected chi connectivity index (χ0v) is 13.4. The van der Waals surface area contributed by atoms with E-state index in [9.17, 15) is 22.7 Å². The van der Waals surface area contributed by atoms with Crippen LogP contribution in [0.1, 0.15) is 28.4 Å². The van der Waals surface area contributed by atoms with E-state index in [1.165, 1.54) is 0 Å². The minimum Gasteiger partial charge on any atom is -0.545 e. The predicted molar refractivity (Wildman–Crippen MR) is 82.1 cm³/mol. The van der Waals surface area contributed by atoms with Crippen molar-refractivity contribution in [1.82, 2.24) is 0 Å². The van der Waals surface area contributed by atoms with Gasteiger partial charge in [0.05, 0.1) is 16.6 Å². The molecule has 23 heavy (non-hydrogen) atoms. The molecule has 0 radical (unpaired) electrons. The van der Waals surface area contributed by atoms with E-state index in [1.54, 1.807) is 19.1 Å². The van der Waals surface area contributed by atoms with Gasteiger partial charge in [0.25, 0.3) is 10.0 Å². The molecule has 2 aromatic rings. The SMILES string of the molecule is CCc1cccc(C)c1NS(=O)(=O)c1ccc(F)c(C(=O)[O-])c1. The third-order valence-electron chi connectivity index (χ3n) is 3.44. The van der Waals surface area contributed by atoms with Gasteiger partial charge in [-0.15, -0.1) is 0 Å². The Bertz CT molecular complexity index is 862. The van der Waals surface area contributed by atoms with Crippen LogP contribution in [0.5, 0.6) is 0 Å². The molecule has 0 saturated heterocycles. The van der Waals surface area contributed by atoms with Gasteiger partial charge in [-0.1, -0.05) is 25.1 Å². The summed E-state index contributed by atoms with van der Waals surface area (Å²) in [5.74, 6) is -2.82. The van der Waals surface area contributed by atoms with Crippen molar-refractivity contribution in [2.24, 2.45) is 0 Å². The number of rotatable bonds is 5. The number of halogens is 1. The van der Waals surface area contributed by atoms with Gasteiger partial charge in [0.1, 0.15) is 5.82 Å². The number of aromatic carboxylic acids is 1. The molecule has 0 atom stereocenters. The molecule has 0 bridgehead atoms. The maximum atomic E-state index is 13.4. The van der Waals surface area contributed by atoms with Gasteiger partial charge >= 0.3 is 0 Å². The lowest BCUT2D eigenvalue weighted by molar-refractivity contribution is -0.255. The zero-order valence-electron chi connectivity index (χ0n) is 12.6. The van der Waals surface area contributed by atoms with Gasteiger partial charge in [0.2, 0.25) is 0 Å². The van der Waals surface area contributed by atoms with E-state index in [0.29, 0.717) is 12.1 Å². The Morgan fingerprint density at radius 1 is 1.26 bits per heavy atom. The van der Waals surface area contributed by atoms with E-state index in [0.717, 1.165) is 29.3 Å². The highest BCUT2D eigenvalue weighted by Crippen LogP contribution is 2.25. The summed E-state index contributed by atoms with van der Waals surface area (Å²) in [5.41, 5.74) is 1.17. The summed E-state index contributed by atoms with van der Waals surface area (Å²) < 4.78 is 40.7. The second-order valence-corrected chi connectivity index (χ2v) is 6.68. The number of aryl methyl sites for hydroxylation is 2. The topological polar surface area (TPSA) is 86.3 Å². The van der Waals surface area contributed by atoms with E-state index in [1.807, 2.05) is 13.0 Å². The van der Waals surface area contributed by atoms with Crippen molar-refractivity contribution < 1.29 is 22.7 Å². The van der Waals surface area contributed by atoms with E-state index >= 15 is 0 Å². The molecular weight excluding hydrogens is 321 g/mol. The molecule has 2 aromatic carbocycles. The highest BCUT2D eigenvalue weighted by molar-refractivity contribution is 7.92. The van der Waals surface area contributed by atoms with Crippen molar-refractivity contribution in [3.8, 4) is 0 Å². The number of hydrogen-bond donors (Lipinski definition) is 1. The van der Waals surface area contributed by atoms with Crippen LogP contribution in [0.4, 0.5) is 10.1 Å². The van der Waals surface area contributed by atoms with E-state index in [4.69, 9.17) is 0 Å². The molecule has 0 aliphatic rings. The number of carboxylic acids is 1. The van der Waals surface area contributed by atoms with Gasteiger partial charge in [-0.3, -0.25) is 4.72 Å². The van der Waals surface area contributed by atoms with Crippen molar-refractivity contribution >= 4 is 21.7 Å². The summed E-state index contributed by atoms with van der Waals surface area (Å²) in [6.07, 6.45) is 0.618. The third-order valence-corrected chi connectivity index (χ3v) is 4.79. The van der Waals surface area contributed by atoms with Crippen LogP contribution >= 0.6 is 0 Å². The first-order valence-corrected chi connectivity index (χ1v) is 8.36. The summed E-state index contributed by atoms with van der Waals surface area (Å²) in [6, 6.07) is 7.91. The fourth-order valence-electron chi connectivity index (χ4n) is 2.19. The van der Waals surface area contributed by atoms with Gasteiger partial charge < -0.3 is 9.90 Å². The number of anilines is 1. The Hall–Kier alpha value is -2.41. The van der Waals surface area contributed by atoms with Crippen LogP contribution in [-0.2, 0) is 16.4 Å². The number of nitrogens with one attached hydrogen (secondary N) is 1. The molecular formula is C16H15FNO4S-. The van der Waals surface area contributed by atoms with Crippen molar-refractivity contribution in [2.45, 2.75) is 25.2 Å². The molecule has 0 aliphatic heterocycles. The lowest BCUT2D eigenvalue weighted by Gasteiger charge is -2.15. The monoisotopic (exact) mass is 336 g/mol. The zero-order chi connectivity index (χ0) is 17.2. The molecule has 0 amide bonds. The van der Waals surface area contributed by atoms with Crippen molar-refractivity contribution in [3.63, 3.8) is 0 Å². The number of carboxylic acid groups (broad SMARTS) is 1. The maximum absolute atomic E-state index is 13.4. The quantitative estimate of drug-likeness (QED) is 0.903. The lowest BCUT2D eigenvalue weighted by atomic mass is 10.1. The maximum Gasteiger partial charge on any atom is 0.261 e. The van der Waals surface area contributed by atoms with Gasteiger partial charge in [-0.25, -0.2) is 12.8 Å². The van der Waals surface area contributed by atoms with Crippen LogP contribution in [0, 0.1) is 12.7 Å². The molecule has 0 fully saturated rings. The number of benzene rings is 2. The minimum absolute atomic E-state index is 0.344. The highest BCUT2D eigenvalue weighted by atomic mass is 32.2. The van der Waals surface area contributed by atoms with Crippen LogP contribution in [0.15, 0.2) is 41.3 Å². The minimum atomic E-state index is -4.05. The Morgan fingerprint density at radius 3 is 2.57 bits per heavy atom. The smallest absolute Gasteiger partial charge is 0.261 e. The summed E-state index contributed by atoms with van der Waals surface area (Å²) in [4.78, 5) is 10.5. The molecule has 0 saturated carbocycles. The second-order valence-electron chi connectivity index (χ2n) is 5.00. The molecule has 0 heterocycles. The molecule has 5 nitrogen and oxygen atoms in total. The first-order valence-electron chi connectivity index (χ1n) is 6.88. The molecule has 1 N–H and O–H groups in total. The Kier molecular flexibility index (Phi) is 4.70. The Labute approximate surface area is 133 Å². The fraction of sp³-hybridized carbons (Fsp3) is 0.188. The van der Waals surface area contributed by atoms with Gasteiger partial charge in [-0.05, 0) is 42.7 Å². The van der Waals surface area contributed by atoms with Crippen molar-refractivity contribution in [3.05, 3.63) is 58.9 Å². The fourth-order valence-corrected chi connectivity index (χ4v) is 3.39. The largest absolute Gasteiger partial charge is 0.545 e. The predicted octanol–water partition coefficient (Wildman–Crippen LogP) is 1.86. The number of carbonyl (C=O) groups is 1. The summed E-state index contributed by atoms with van der Waals surface area (Å²) in [5, 5.41) is 10.8. The van der Waals surface area contributed by atoms with Crippen LogP contribution < -0.4 is 9.83 Å². The van der Waals surface area contributed by atoms with Crippen molar-refractivity contribution in [2.75, 3.05) is 4.72 Å². The van der Waals surface area contributed by atoms with E-state index in [2.05, 4.69) is 4.72 Å². The number of sulfonamides is 1. The second kappa shape index (κ2) is 6.37. The van der Waals surface area contributed by atoms with Crippen LogP contribution in [0.2, 0.25) is 0 Å². The lowest BCUT2D eigenvalue weighted by Crippen LogP contribution is -2.24. The summed E-state index contributed by atoms with van der Waals surface area (Å²) in [6.45, 7) is 3.65. The first kappa shape index (κ1) is 17.0. The normalized spacial score (nSPS) is 11.3. The molecule has 0 unspecified atom stereocenters. The summed E-state index contributed by atoms with van der Waals surface area (Å²) in [7, 11) is -4.05. The van der Waals surface area contributed by atoms with Crippen LogP contribution in [0.25, 0.3) is 0 Å². The van der Waals surface area contributed by atoms with Gasteiger partial charge in [0, 0.05) is 5.56 Å². The molecule has 0 aliphatic carbocycles. The Balaban J connectivity index is 2.49. The average Bonchev–Trinajstić information content (AvgIpc) is 2.49. The number of para-hydroxylation sites is 1. The van der Waals surface area contributed by atoms with E-state index < -0.39 is 27.4 Å². The van der Waals surface area contributed by atoms with Crippen LogP contribution in [0.3, 0.4) is 0 Å². The highest BCUT2D eigenvalue weighted by Gasteiger charge is 2.19. The summed E-state index contributed by atoms with van der Waals surface area (Å²) >= 11 is 0. The molecule has 7 heteroatoms. The van der Waals surface area contributed by atoms with Gasteiger partial charge in [-0.2, -0.15) is 0 Å². The van der Waals surface area contributed by atoms with E-state index in [-0.39, 0.29) is 4.90 Å². The molecule has 0 spiro atoms. The van der Waals surface area contributed by atoms with Gasteiger partial charge in [0.15, 0.2) is 0 Å². The third kappa shape index (κ3) is 3.50. The number of hydrogen-bond acceptors (Lipinski definition) is 4. The number of carbonyl (C=O) groups excluding carboxylic acids is 1. The average molecular weight is 336 g/mol. The molecule has 122 valence electrons. The molecule has 0 aromatic heterocycles. The standard InChI is InChI=1S/C16H16FNO4S/c1-3-11-6-4-5-10(2)15(11)18-23(21,22)12-7-8-14(17)13(9-12)16(19)20/h4-9,18H,3H2,1-2H3,(H,19,20)/p-1. The first-order chi connectivity index (χ1) is 10.8. The van der Waals surface area contributed by atoms with Crippen molar-refractivity contribution in [1.29, 1.82) is 0 Å². The van der Waals surface area contributed by atoms with Crippen LogP contribution in [-0.4, -0.2) is 14.4 Å².